The second kappa shape index (κ2) is 8.53. The lowest BCUT2D eigenvalue weighted by molar-refractivity contribution is -0.122. The number of anilines is 1. The Kier molecular flexibility index (Phi) is 6.42. The van der Waals surface area contributed by atoms with Crippen LogP contribution in [0.5, 0.6) is 5.75 Å². The molecule has 2 amide bonds. The topological polar surface area (TPSA) is 67.4 Å². The quantitative estimate of drug-likeness (QED) is 0.821. The molecule has 0 aromatic heterocycles. The standard InChI is InChI=1S/C19H21ClN2O3/c1-12(2)21-19(24)16-6-4-5-7-17(16)22-18(23)13(3)25-15-10-8-14(20)9-11-15/h4-13H,1-3H3,(H,21,24)(H,22,23). The summed E-state index contributed by atoms with van der Waals surface area (Å²) < 4.78 is 5.60. The third-order valence-electron chi connectivity index (χ3n) is 3.35. The van der Waals surface area contributed by atoms with Gasteiger partial charge in [-0.3, -0.25) is 9.59 Å². The van der Waals surface area contributed by atoms with E-state index in [0.29, 0.717) is 22.0 Å². The van der Waals surface area contributed by atoms with Crippen LogP contribution in [0.1, 0.15) is 31.1 Å². The number of rotatable bonds is 6. The molecular weight excluding hydrogens is 340 g/mol. The number of para-hydroxylation sites is 1. The van der Waals surface area contributed by atoms with Gasteiger partial charge in [-0.05, 0) is 57.2 Å². The molecule has 2 rings (SSSR count). The van der Waals surface area contributed by atoms with Gasteiger partial charge in [0.25, 0.3) is 11.8 Å². The molecule has 0 aliphatic rings. The minimum Gasteiger partial charge on any atom is -0.481 e. The molecule has 5 nitrogen and oxygen atoms in total. The Morgan fingerprint density at radius 1 is 1.00 bits per heavy atom. The minimum absolute atomic E-state index is 0.00317. The highest BCUT2D eigenvalue weighted by Crippen LogP contribution is 2.19. The van der Waals surface area contributed by atoms with Crippen LogP contribution in [0.4, 0.5) is 5.69 Å². The Labute approximate surface area is 152 Å². The van der Waals surface area contributed by atoms with Gasteiger partial charge in [-0.1, -0.05) is 23.7 Å². The molecule has 0 heterocycles. The number of benzene rings is 2. The molecule has 0 aliphatic carbocycles. The number of hydrogen-bond donors (Lipinski definition) is 2. The first-order valence-corrected chi connectivity index (χ1v) is 8.37. The van der Waals surface area contributed by atoms with Gasteiger partial charge < -0.3 is 15.4 Å². The van der Waals surface area contributed by atoms with Gasteiger partial charge in [-0.2, -0.15) is 0 Å². The predicted octanol–water partition coefficient (Wildman–Crippen LogP) is 3.88. The van der Waals surface area contributed by atoms with Crippen molar-refractivity contribution >= 4 is 29.1 Å². The van der Waals surface area contributed by atoms with Crippen LogP contribution in [0.15, 0.2) is 48.5 Å². The zero-order chi connectivity index (χ0) is 18.4. The van der Waals surface area contributed by atoms with E-state index in [1.165, 1.54) is 0 Å². The summed E-state index contributed by atoms with van der Waals surface area (Å²) in [6.45, 7) is 5.39. The molecule has 1 unspecified atom stereocenters. The lowest BCUT2D eigenvalue weighted by Crippen LogP contribution is -2.33. The Morgan fingerprint density at radius 2 is 1.64 bits per heavy atom. The summed E-state index contributed by atoms with van der Waals surface area (Å²) in [6.07, 6.45) is -0.734. The number of carbonyl (C=O) groups excluding carboxylic acids is 2. The lowest BCUT2D eigenvalue weighted by atomic mass is 10.1. The van der Waals surface area contributed by atoms with Gasteiger partial charge >= 0.3 is 0 Å². The fraction of sp³-hybridized carbons (Fsp3) is 0.263. The van der Waals surface area contributed by atoms with Crippen LogP contribution in [0.2, 0.25) is 5.02 Å². The molecule has 0 saturated carbocycles. The first kappa shape index (κ1) is 18.8. The normalized spacial score (nSPS) is 11.7. The molecule has 2 aromatic rings. The molecule has 132 valence electrons. The van der Waals surface area contributed by atoms with Crippen LogP contribution in [0.3, 0.4) is 0 Å². The third-order valence-corrected chi connectivity index (χ3v) is 3.60. The zero-order valence-corrected chi connectivity index (χ0v) is 15.1. The van der Waals surface area contributed by atoms with Gasteiger partial charge in [-0.25, -0.2) is 0 Å². The number of ether oxygens (including phenoxy) is 1. The highest BCUT2D eigenvalue weighted by atomic mass is 35.5. The molecular formula is C19H21ClN2O3. The van der Waals surface area contributed by atoms with Crippen LogP contribution in [-0.2, 0) is 4.79 Å². The molecule has 0 saturated heterocycles. The fourth-order valence-corrected chi connectivity index (χ4v) is 2.26. The Bertz CT molecular complexity index is 745. The number of nitrogens with one attached hydrogen (secondary N) is 2. The van der Waals surface area contributed by atoms with E-state index in [1.54, 1.807) is 55.5 Å². The van der Waals surface area contributed by atoms with E-state index in [1.807, 2.05) is 13.8 Å². The van der Waals surface area contributed by atoms with E-state index < -0.39 is 6.10 Å². The zero-order valence-electron chi connectivity index (χ0n) is 14.4. The Balaban J connectivity index is 2.07. The van der Waals surface area contributed by atoms with Gasteiger partial charge in [0.1, 0.15) is 5.75 Å². The highest BCUT2D eigenvalue weighted by molar-refractivity contribution is 6.30. The molecule has 0 spiro atoms. The van der Waals surface area contributed by atoms with E-state index in [-0.39, 0.29) is 17.9 Å². The second-order valence-electron chi connectivity index (χ2n) is 5.88. The van der Waals surface area contributed by atoms with Gasteiger partial charge in [0.2, 0.25) is 0 Å². The fourth-order valence-electron chi connectivity index (χ4n) is 2.14. The van der Waals surface area contributed by atoms with Crippen LogP contribution in [-0.4, -0.2) is 24.0 Å². The maximum absolute atomic E-state index is 12.4. The largest absolute Gasteiger partial charge is 0.481 e. The molecule has 6 heteroatoms. The summed E-state index contributed by atoms with van der Waals surface area (Å²) in [6, 6.07) is 13.6. The number of carbonyl (C=O) groups is 2. The molecule has 2 aromatic carbocycles. The summed E-state index contributed by atoms with van der Waals surface area (Å²) in [5.41, 5.74) is 0.848. The number of amides is 2. The number of halogens is 1. The second-order valence-corrected chi connectivity index (χ2v) is 6.31. The first-order valence-electron chi connectivity index (χ1n) is 8.00. The summed E-state index contributed by atoms with van der Waals surface area (Å²) in [5.74, 6) is -0.0465. The average Bonchev–Trinajstić information content (AvgIpc) is 2.56. The van der Waals surface area contributed by atoms with E-state index in [9.17, 15) is 9.59 Å². The van der Waals surface area contributed by atoms with Crippen LogP contribution < -0.4 is 15.4 Å². The third kappa shape index (κ3) is 5.50. The van der Waals surface area contributed by atoms with Crippen molar-refractivity contribution < 1.29 is 14.3 Å². The monoisotopic (exact) mass is 360 g/mol. The maximum Gasteiger partial charge on any atom is 0.265 e. The van der Waals surface area contributed by atoms with Crippen LogP contribution >= 0.6 is 11.6 Å². The molecule has 1 atom stereocenters. The van der Waals surface area contributed by atoms with Gasteiger partial charge in [0.05, 0.1) is 11.3 Å². The van der Waals surface area contributed by atoms with Crippen molar-refractivity contribution in [3.8, 4) is 5.75 Å². The first-order chi connectivity index (χ1) is 11.9. The van der Waals surface area contributed by atoms with E-state index >= 15 is 0 Å². The van der Waals surface area contributed by atoms with Gasteiger partial charge in [0.15, 0.2) is 6.10 Å². The summed E-state index contributed by atoms with van der Waals surface area (Å²) >= 11 is 5.83. The maximum atomic E-state index is 12.4. The summed E-state index contributed by atoms with van der Waals surface area (Å²) in [7, 11) is 0. The van der Waals surface area contributed by atoms with Crippen molar-refractivity contribution in [1.29, 1.82) is 0 Å². The molecule has 0 aliphatic heterocycles. The van der Waals surface area contributed by atoms with Gasteiger partial charge in [-0.15, -0.1) is 0 Å². The Hall–Kier alpha value is -2.53. The predicted molar refractivity (Wildman–Crippen MR) is 99.2 cm³/mol. The van der Waals surface area contributed by atoms with Crippen molar-refractivity contribution in [3.05, 3.63) is 59.1 Å². The number of hydrogen-bond acceptors (Lipinski definition) is 3. The highest BCUT2D eigenvalue weighted by Gasteiger charge is 2.18. The Morgan fingerprint density at radius 3 is 2.28 bits per heavy atom. The summed E-state index contributed by atoms with van der Waals surface area (Å²) in [5, 5.41) is 6.15. The molecule has 0 bridgehead atoms. The minimum atomic E-state index is -0.734. The van der Waals surface area contributed by atoms with E-state index in [0.717, 1.165) is 0 Å². The van der Waals surface area contributed by atoms with Crippen LogP contribution in [0.25, 0.3) is 0 Å². The van der Waals surface area contributed by atoms with Gasteiger partial charge in [0, 0.05) is 11.1 Å². The molecule has 2 N–H and O–H groups in total. The van der Waals surface area contributed by atoms with Crippen molar-refractivity contribution in [2.75, 3.05) is 5.32 Å². The van der Waals surface area contributed by atoms with E-state index in [2.05, 4.69) is 10.6 Å². The lowest BCUT2D eigenvalue weighted by Gasteiger charge is -2.17. The van der Waals surface area contributed by atoms with Crippen LogP contribution in [0, 0.1) is 0 Å². The average molecular weight is 361 g/mol. The smallest absolute Gasteiger partial charge is 0.265 e. The molecule has 25 heavy (non-hydrogen) atoms. The van der Waals surface area contributed by atoms with E-state index in [4.69, 9.17) is 16.3 Å². The SMILES string of the molecule is CC(C)NC(=O)c1ccccc1NC(=O)C(C)Oc1ccc(Cl)cc1. The summed E-state index contributed by atoms with van der Waals surface area (Å²) in [4.78, 5) is 24.6. The van der Waals surface area contributed by atoms with Crippen molar-refractivity contribution in [2.24, 2.45) is 0 Å². The van der Waals surface area contributed by atoms with Crippen molar-refractivity contribution in [3.63, 3.8) is 0 Å². The van der Waals surface area contributed by atoms with Crippen molar-refractivity contribution in [1.82, 2.24) is 5.32 Å². The molecule has 0 fully saturated rings. The van der Waals surface area contributed by atoms with Crippen molar-refractivity contribution in [2.45, 2.75) is 32.9 Å². The molecule has 0 radical (unpaired) electrons.